The first-order valence-corrected chi connectivity index (χ1v) is 6.75. The number of carbonyl (C=O) groups is 2. The Morgan fingerprint density at radius 1 is 1.11 bits per heavy atom. The van der Waals surface area contributed by atoms with Crippen LogP contribution in [0.25, 0.3) is 0 Å². The fourth-order valence-electron chi connectivity index (χ4n) is 1.36. The molecule has 0 saturated heterocycles. The third kappa shape index (κ3) is 12.9. The second-order valence-electron chi connectivity index (χ2n) is 5.65. The summed E-state index contributed by atoms with van der Waals surface area (Å²) in [6.07, 6.45) is 6.16. The number of hydrogen-bond donors (Lipinski definition) is 1. The largest absolute Gasteiger partial charge is 0.469 e. The van der Waals surface area contributed by atoms with Gasteiger partial charge in [0.1, 0.15) is 0 Å². The SMILES string of the molecule is COC(=O)CCCCCCC(=O)N/N=C/C(C)(C)C. The normalized spacial score (nSPS) is 11.6. The highest BCUT2D eigenvalue weighted by Gasteiger charge is 2.06. The highest BCUT2D eigenvalue weighted by Crippen LogP contribution is 2.08. The summed E-state index contributed by atoms with van der Waals surface area (Å²) in [6, 6.07) is 0. The summed E-state index contributed by atoms with van der Waals surface area (Å²) >= 11 is 0. The predicted octanol–water partition coefficient (Wildman–Crippen LogP) is 2.65. The first-order valence-electron chi connectivity index (χ1n) is 6.75. The maximum atomic E-state index is 11.4. The van der Waals surface area contributed by atoms with Crippen molar-refractivity contribution >= 4 is 18.1 Å². The van der Waals surface area contributed by atoms with Crippen LogP contribution >= 0.6 is 0 Å². The molecule has 0 saturated carbocycles. The van der Waals surface area contributed by atoms with Gasteiger partial charge in [-0.25, -0.2) is 5.43 Å². The van der Waals surface area contributed by atoms with Gasteiger partial charge in [0.25, 0.3) is 0 Å². The number of hydrogen-bond acceptors (Lipinski definition) is 4. The summed E-state index contributed by atoms with van der Waals surface area (Å²) in [5, 5.41) is 3.91. The highest BCUT2D eigenvalue weighted by molar-refractivity contribution is 5.77. The number of methoxy groups -OCH3 is 1. The molecule has 1 amide bonds. The van der Waals surface area contributed by atoms with Crippen molar-refractivity contribution in [1.82, 2.24) is 5.43 Å². The number of unbranched alkanes of at least 4 members (excludes halogenated alkanes) is 3. The Bertz CT molecular complexity index is 306. The van der Waals surface area contributed by atoms with E-state index < -0.39 is 0 Å². The number of nitrogens with zero attached hydrogens (tertiary/aromatic N) is 1. The lowest BCUT2D eigenvalue weighted by Crippen LogP contribution is -2.19. The predicted molar refractivity (Wildman–Crippen MR) is 75.8 cm³/mol. The number of nitrogens with one attached hydrogen (secondary N) is 1. The molecule has 0 fully saturated rings. The molecule has 0 radical (unpaired) electrons. The number of esters is 1. The number of amides is 1. The van der Waals surface area contributed by atoms with Crippen molar-refractivity contribution in [2.45, 2.75) is 59.3 Å². The maximum Gasteiger partial charge on any atom is 0.305 e. The van der Waals surface area contributed by atoms with E-state index in [1.807, 2.05) is 20.8 Å². The molecule has 0 unspecified atom stereocenters. The van der Waals surface area contributed by atoms with Gasteiger partial charge in [-0.1, -0.05) is 33.6 Å². The van der Waals surface area contributed by atoms with E-state index in [2.05, 4.69) is 15.3 Å². The molecule has 0 atom stereocenters. The van der Waals surface area contributed by atoms with Gasteiger partial charge in [-0.05, 0) is 18.3 Å². The molecule has 19 heavy (non-hydrogen) atoms. The summed E-state index contributed by atoms with van der Waals surface area (Å²) < 4.78 is 4.55. The molecule has 0 bridgehead atoms. The fourth-order valence-corrected chi connectivity index (χ4v) is 1.36. The zero-order valence-corrected chi connectivity index (χ0v) is 12.5. The van der Waals surface area contributed by atoms with Gasteiger partial charge in [0.2, 0.25) is 5.91 Å². The molecule has 5 heteroatoms. The monoisotopic (exact) mass is 270 g/mol. The lowest BCUT2D eigenvalue weighted by Gasteiger charge is -2.09. The van der Waals surface area contributed by atoms with E-state index in [1.54, 1.807) is 6.21 Å². The zero-order chi connectivity index (χ0) is 14.7. The quantitative estimate of drug-likeness (QED) is 0.319. The molecule has 5 nitrogen and oxygen atoms in total. The van der Waals surface area contributed by atoms with Crippen LogP contribution in [0.1, 0.15) is 59.3 Å². The molecular weight excluding hydrogens is 244 g/mol. The van der Waals surface area contributed by atoms with Gasteiger partial charge in [-0.15, -0.1) is 0 Å². The van der Waals surface area contributed by atoms with Crippen LogP contribution in [0.2, 0.25) is 0 Å². The second-order valence-corrected chi connectivity index (χ2v) is 5.65. The molecule has 0 heterocycles. The zero-order valence-electron chi connectivity index (χ0n) is 12.5. The molecular formula is C14H26N2O3. The molecule has 0 aromatic rings. The molecule has 0 aromatic carbocycles. The second kappa shape index (κ2) is 9.53. The minimum Gasteiger partial charge on any atom is -0.469 e. The Kier molecular flexibility index (Phi) is 8.83. The molecule has 0 spiro atoms. The smallest absolute Gasteiger partial charge is 0.305 e. The summed E-state index contributed by atoms with van der Waals surface area (Å²) in [4.78, 5) is 22.3. The average molecular weight is 270 g/mol. The van der Waals surface area contributed by atoms with E-state index in [0.29, 0.717) is 12.8 Å². The Labute approximate surface area is 115 Å². The number of carbonyl (C=O) groups excluding carboxylic acids is 2. The molecule has 1 N–H and O–H groups in total. The Balaban J connectivity index is 3.49. The molecule has 0 aliphatic rings. The van der Waals surface area contributed by atoms with Crippen LogP contribution in [0.5, 0.6) is 0 Å². The van der Waals surface area contributed by atoms with Crippen molar-refractivity contribution in [1.29, 1.82) is 0 Å². The Hall–Kier alpha value is -1.39. The Morgan fingerprint density at radius 2 is 1.68 bits per heavy atom. The minimum atomic E-state index is -0.172. The third-order valence-electron chi connectivity index (χ3n) is 2.40. The fraction of sp³-hybridized carbons (Fsp3) is 0.786. The van der Waals surface area contributed by atoms with Gasteiger partial charge in [-0.3, -0.25) is 9.59 Å². The molecule has 0 aromatic heterocycles. The van der Waals surface area contributed by atoms with Gasteiger partial charge in [0.15, 0.2) is 0 Å². The van der Waals surface area contributed by atoms with E-state index in [0.717, 1.165) is 25.7 Å². The van der Waals surface area contributed by atoms with Crippen molar-refractivity contribution in [2.75, 3.05) is 7.11 Å². The van der Waals surface area contributed by atoms with Crippen LogP contribution in [0.15, 0.2) is 5.10 Å². The van der Waals surface area contributed by atoms with E-state index in [9.17, 15) is 9.59 Å². The van der Waals surface area contributed by atoms with Crippen molar-refractivity contribution in [3.8, 4) is 0 Å². The minimum absolute atomic E-state index is 0.0266. The van der Waals surface area contributed by atoms with Crippen LogP contribution in [0.4, 0.5) is 0 Å². The summed E-state index contributed by atoms with van der Waals surface area (Å²) in [5.41, 5.74) is 2.49. The average Bonchev–Trinajstić information content (AvgIpc) is 2.31. The van der Waals surface area contributed by atoms with Crippen molar-refractivity contribution in [3.63, 3.8) is 0 Å². The van der Waals surface area contributed by atoms with E-state index in [1.165, 1.54) is 7.11 Å². The highest BCUT2D eigenvalue weighted by atomic mass is 16.5. The molecule has 0 rings (SSSR count). The topological polar surface area (TPSA) is 67.8 Å². The van der Waals surface area contributed by atoms with Crippen molar-refractivity contribution in [2.24, 2.45) is 10.5 Å². The number of rotatable bonds is 8. The van der Waals surface area contributed by atoms with Crippen molar-refractivity contribution in [3.05, 3.63) is 0 Å². The lowest BCUT2D eigenvalue weighted by molar-refractivity contribution is -0.140. The number of ether oxygens (including phenoxy) is 1. The summed E-state index contributed by atoms with van der Waals surface area (Å²) in [6.45, 7) is 6.05. The van der Waals surface area contributed by atoms with E-state index in [-0.39, 0.29) is 17.3 Å². The molecule has 110 valence electrons. The van der Waals surface area contributed by atoms with Gasteiger partial charge in [0.05, 0.1) is 7.11 Å². The standard InChI is InChI=1S/C14H26N2O3/c1-14(2,3)11-15-16-12(17)9-7-5-6-8-10-13(18)19-4/h11H,5-10H2,1-4H3,(H,16,17)/b15-11+. The third-order valence-corrected chi connectivity index (χ3v) is 2.40. The molecule has 0 aliphatic carbocycles. The summed E-state index contributed by atoms with van der Waals surface area (Å²) in [7, 11) is 1.39. The van der Waals surface area contributed by atoms with Gasteiger partial charge in [-0.2, -0.15) is 5.10 Å². The van der Waals surface area contributed by atoms with Gasteiger partial charge in [0, 0.05) is 19.1 Å². The molecule has 0 aliphatic heterocycles. The van der Waals surface area contributed by atoms with Crippen molar-refractivity contribution < 1.29 is 14.3 Å². The van der Waals surface area contributed by atoms with Gasteiger partial charge >= 0.3 is 5.97 Å². The Morgan fingerprint density at radius 3 is 2.21 bits per heavy atom. The number of hydrazone groups is 1. The van der Waals surface area contributed by atoms with E-state index in [4.69, 9.17) is 0 Å². The van der Waals surface area contributed by atoms with Crippen LogP contribution in [-0.2, 0) is 14.3 Å². The first-order chi connectivity index (χ1) is 8.85. The van der Waals surface area contributed by atoms with E-state index >= 15 is 0 Å². The van der Waals surface area contributed by atoms with Crippen LogP contribution in [-0.4, -0.2) is 25.2 Å². The summed E-state index contributed by atoms with van der Waals surface area (Å²) in [5.74, 6) is -0.234. The van der Waals surface area contributed by atoms with Crippen LogP contribution in [0, 0.1) is 5.41 Å². The maximum absolute atomic E-state index is 11.4. The van der Waals surface area contributed by atoms with Gasteiger partial charge < -0.3 is 4.74 Å². The van der Waals surface area contributed by atoms with Crippen LogP contribution < -0.4 is 5.43 Å². The van der Waals surface area contributed by atoms with Crippen LogP contribution in [0.3, 0.4) is 0 Å². The first kappa shape index (κ1) is 17.6. The lowest BCUT2D eigenvalue weighted by atomic mass is 9.99.